The van der Waals surface area contributed by atoms with Crippen molar-refractivity contribution < 1.29 is 19.1 Å². The van der Waals surface area contributed by atoms with Crippen molar-refractivity contribution in [1.29, 1.82) is 0 Å². The van der Waals surface area contributed by atoms with Crippen LogP contribution in [0.5, 0.6) is 0 Å². The van der Waals surface area contributed by atoms with E-state index in [-0.39, 0.29) is 24.0 Å². The Morgan fingerprint density at radius 2 is 1.96 bits per heavy atom. The van der Waals surface area contributed by atoms with Crippen LogP contribution >= 0.6 is 22.7 Å². The van der Waals surface area contributed by atoms with E-state index in [4.69, 9.17) is 9.47 Å². The van der Waals surface area contributed by atoms with Gasteiger partial charge in [-0.15, -0.1) is 22.7 Å². The summed E-state index contributed by atoms with van der Waals surface area (Å²) in [5.41, 5.74) is 1.24. The highest BCUT2D eigenvalue weighted by atomic mass is 32.1. The summed E-state index contributed by atoms with van der Waals surface area (Å²) in [6.07, 6.45) is 11.0. The second-order valence-corrected chi connectivity index (χ2v) is 9.06. The number of aromatic nitrogens is 2. The van der Waals surface area contributed by atoms with E-state index in [0.717, 1.165) is 48.5 Å². The van der Waals surface area contributed by atoms with Gasteiger partial charge in [-0.2, -0.15) is 0 Å². The van der Waals surface area contributed by atoms with Crippen molar-refractivity contribution in [2.75, 3.05) is 6.61 Å². The number of carbonyl (C=O) groups is 2. The van der Waals surface area contributed by atoms with Crippen molar-refractivity contribution >= 4 is 40.2 Å². The van der Waals surface area contributed by atoms with Crippen LogP contribution in [-0.2, 0) is 9.47 Å². The number of rotatable bonds is 6. The third kappa shape index (κ3) is 4.17. The lowest BCUT2D eigenvalue weighted by Gasteiger charge is -2.11. The Bertz CT molecular complexity index is 902. The predicted octanol–water partition coefficient (Wildman–Crippen LogP) is 4.84. The molecule has 2 unspecified atom stereocenters. The minimum absolute atomic E-state index is 0.122. The van der Waals surface area contributed by atoms with Crippen LogP contribution in [0.1, 0.15) is 80.7 Å². The number of hydrogen-bond donors (Lipinski definition) is 0. The minimum Gasteiger partial charge on any atom is -0.462 e. The van der Waals surface area contributed by atoms with Crippen molar-refractivity contribution in [2.45, 2.75) is 57.5 Å². The smallest absolute Gasteiger partial charge is 0.350 e. The molecule has 2 aromatic rings. The molecule has 2 aliphatic rings. The number of hydrogen-bond acceptors (Lipinski definition) is 8. The summed E-state index contributed by atoms with van der Waals surface area (Å²) in [4.78, 5) is 34.2. The molecular formula is C20H22N2O4S2. The molecule has 28 heavy (non-hydrogen) atoms. The summed E-state index contributed by atoms with van der Waals surface area (Å²) in [6.45, 7) is 2.14. The first kappa shape index (κ1) is 19.3. The molecule has 148 valence electrons. The van der Waals surface area contributed by atoms with Gasteiger partial charge < -0.3 is 9.47 Å². The topological polar surface area (TPSA) is 78.4 Å². The van der Waals surface area contributed by atoms with Crippen molar-refractivity contribution in [3.05, 3.63) is 38.2 Å². The molecule has 8 heteroatoms. The summed E-state index contributed by atoms with van der Waals surface area (Å²) in [5.74, 6) is -0.406. The first-order valence-corrected chi connectivity index (χ1v) is 11.3. The molecule has 1 fully saturated rings. The summed E-state index contributed by atoms with van der Waals surface area (Å²) in [6, 6.07) is 0. The summed E-state index contributed by atoms with van der Waals surface area (Å²) in [5, 5.41) is 1.85. The monoisotopic (exact) mass is 418 g/mol. The Morgan fingerprint density at radius 3 is 2.75 bits per heavy atom. The van der Waals surface area contributed by atoms with Crippen LogP contribution in [-0.4, -0.2) is 34.6 Å². The maximum Gasteiger partial charge on any atom is 0.350 e. The van der Waals surface area contributed by atoms with Gasteiger partial charge in [0.1, 0.15) is 20.9 Å². The zero-order chi connectivity index (χ0) is 19.5. The summed E-state index contributed by atoms with van der Waals surface area (Å²) >= 11 is 2.79. The standard InChI is InChI=1S/C20H22N2O4S2/c1-2-25-19(23)15-10-22-18(27-15)13-7-8-14(9-13)26-20(24)16-11-21-17(28-16)12-5-3-4-6-12/h5,10-11,13-14H,2-4,6-9H2,1H3. The minimum atomic E-state index is -0.328. The van der Waals surface area contributed by atoms with Crippen LogP contribution in [0, 0.1) is 0 Å². The average Bonchev–Trinajstić information content (AvgIpc) is 3.48. The van der Waals surface area contributed by atoms with E-state index in [1.165, 1.54) is 28.2 Å². The van der Waals surface area contributed by atoms with Gasteiger partial charge in [-0.05, 0) is 51.0 Å². The second-order valence-electron chi connectivity index (χ2n) is 6.97. The third-order valence-electron chi connectivity index (χ3n) is 5.03. The van der Waals surface area contributed by atoms with Crippen molar-refractivity contribution in [3.63, 3.8) is 0 Å². The zero-order valence-corrected chi connectivity index (χ0v) is 17.3. The normalized spacial score (nSPS) is 21.5. The molecule has 2 atom stereocenters. The van der Waals surface area contributed by atoms with Crippen molar-refractivity contribution in [3.8, 4) is 0 Å². The van der Waals surface area contributed by atoms with Gasteiger partial charge in [0.2, 0.25) is 0 Å². The lowest BCUT2D eigenvalue weighted by molar-refractivity contribution is 0.0320. The van der Waals surface area contributed by atoms with Crippen LogP contribution in [0.15, 0.2) is 18.5 Å². The molecule has 0 radical (unpaired) electrons. The zero-order valence-electron chi connectivity index (χ0n) is 15.7. The van der Waals surface area contributed by atoms with Gasteiger partial charge in [-0.25, -0.2) is 19.6 Å². The highest BCUT2D eigenvalue weighted by Gasteiger charge is 2.31. The number of ether oxygens (including phenoxy) is 2. The number of thiazole rings is 2. The maximum atomic E-state index is 12.5. The Kier molecular flexibility index (Phi) is 5.87. The Morgan fingerprint density at radius 1 is 1.14 bits per heavy atom. The molecule has 2 aromatic heterocycles. The van der Waals surface area contributed by atoms with Crippen LogP contribution in [0.4, 0.5) is 0 Å². The van der Waals surface area contributed by atoms with Crippen molar-refractivity contribution in [2.24, 2.45) is 0 Å². The number of carbonyl (C=O) groups excluding carboxylic acids is 2. The van der Waals surface area contributed by atoms with Crippen LogP contribution in [0.25, 0.3) is 5.57 Å². The first-order chi connectivity index (χ1) is 13.6. The molecule has 0 amide bonds. The molecule has 0 spiro atoms. The molecule has 1 saturated carbocycles. The first-order valence-electron chi connectivity index (χ1n) is 9.63. The van der Waals surface area contributed by atoms with E-state index in [1.807, 2.05) is 0 Å². The number of allylic oxidation sites excluding steroid dienone is 2. The quantitative estimate of drug-likeness (QED) is 0.625. The van der Waals surface area contributed by atoms with Gasteiger partial charge in [0.05, 0.1) is 24.0 Å². The van der Waals surface area contributed by atoms with Crippen LogP contribution in [0.2, 0.25) is 0 Å². The second kappa shape index (κ2) is 8.53. The Labute approximate surface area is 171 Å². The molecule has 0 saturated heterocycles. The van der Waals surface area contributed by atoms with E-state index in [0.29, 0.717) is 16.4 Å². The molecule has 0 aromatic carbocycles. The molecule has 4 rings (SSSR count). The van der Waals surface area contributed by atoms with E-state index in [1.54, 1.807) is 19.3 Å². The van der Waals surface area contributed by atoms with E-state index >= 15 is 0 Å². The fourth-order valence-electron chi connectivity index (χ4n) is 3.64. The van der Waals surface area contributed by atoms with E-state index in [2.05, 4.69) is 16.0 Å². The SMILES string of the molecule is CCOC(=O)c1cnc(C2CCC(OC(=O)c3cnc(C4=CCCC4)s3)C2)s1. The Hall–Kier alpha value is -2.06. The van der Waals surface area contributed by atoms with Gasteiger partial charge in [-0.3, -0.25) is 0 Å². The van der Waals surface area contributed by atoms with Gasteiger partial charge in [0.15, 0.2) is 0 Å². The Balaban J connectivity index is 1.33. The molecule has 2 aliphatic carbocycles. The van der Waals surface area contributed by atoms with Gasteiger partial charge >= 0.3 is 11.9 Å². The molecular weight excluding hydrogens is 396 g/mol. The fourth-order valence-corrected chi connectivity index (χ4v) is 5.46. The molecule has 0 N–H and O–H groups in total. The summed E-state index contributed by atoms with van der Waals surface area (Å²) in [7, 11) is 0. The number of esters is 2. The van der Waals surface area contributed by atoms with E-state index in [9.17, 15) is 9.59 Å². The van der Waals surface area contributed by atoms with Gasteiger partial charge in [0.25, 0.3) is 0 Å². The lowest BCUT2D eigenvalue weighted by Crippen LogP contribution is -2.14. The molecule has 6 nitrogen and oxygen atoms in total. The van der Waals surface area contributed by atoms with E-state index < -0.39 is 0 Å². The fraction of sp³-hybridized carbons (Fsp3) is 0.500. The van der Waals surface area contributed by atoms with Gasteiger partial charge in [-0.1, -0.05) is 6.08 Å². The summed E-state index contributed by atoms with van der Waals surface area (Å²) < 4.78 is 10.7. The predicted molar refractivity (Wildman–Crippen MR) is 108 cm³/mol. The highest BCUT2D eigenvalue weighted by molar-refractivity contribution is 7.14. The van der Waals surface area contributed by atoms with Crippen LogP contribution in [0.3, 0.4) is 0 Å². The maximum absolute atomic E-state index is 12.5. The molecule has 0 aliphatic heterocycles. The lowest BCUT2D eigenvalue weighted by atomic mass is 10.1. The average molecular weight is 419 g/mol. The highest BCUT2D eigenvalue weighted by Crippen LogP contribution is 2.38. The largest absolute Gasteiger partial charge is 0.462 e. The van der Waals surface area contributed by atoms with Crippen molar-refractivity contribution in [1.82, 2.24) is 9.97 Å². The van der Waals surface area contributed by atoms with Crippen LogP contribution < -0.4 is 0 Å². The molecule has 2 heterocycles. The number of nitrogens with zero attached hydrogens (tertiary/aromatic N) is 2. The van der Waals surface area contributed by atoms with Gasteiger partial charge in [0, 0.05) is 5.92 Å². The molecule has 0 bridgehead atoms. The third-order valence-corrected chi connectivity index (χ3v) is 7.22.